The van der Waals surface area contributed by atoms with E-state index in [2.05, 4.69) is 10.1 Å². The first-order valence-electron chi connectivity index (χ1n) is 4.10. The number of rotatable bonds is 1. The maximum atomic E-state index is 11.0. The molecule has 0 aromatic carbocycles. The second-order valence-corrected chi connectivity index (χ2v) is 2.95. The Kier molecular flexibility index (Phi) is 1.85. The topological polar surface area (TPSA) is 84.9 Å². The maximum Gasteiger partial charge on any atom is 0.248 e. The third-order valence-electron chi connectivity index (χ3n) is 1.97. The molecule has 72 valence electrons. The molecule has 0 saturated heterocycles. The van der Waals surface area contributed by atoms with Crippen LogP contribution in [0.3, 0.4) is 0 Å². The maximum absolute atomic E-state index is 11.0. The summed E-state index contributed by atoms with van der Waals surface area (Å²) >= 11 is 0. The van der Waals surface area contributed by atoms with Crippen LogP contribution in [-0.2, 0) is 0 Å². The molecule has 0 atom stereocenters. The first kappa shape index (κ1) is 8.55. The number of H-pyrrole nitrogens is 1. The minimum atomic E-state index is -0.183. The number of nitrogen functional groups attached to an aromatic ring is 1. The van der Waals surface area contributed by atoms with Crippen molar-refractivity contribution in [2.75, 3.05) is 5.73 Å². The Hall–Kier alpha value is -2.04. The van der Waals surface area contributed by atoms with Gasteiger partial charge in [0.1, 0.15) is 0 Å². The van der Waals surface area contributed by atoms with Crippen molar-refractivity contribution in [3.63, 3.8) is 0 Å². The SMILES string of the molecule is Cc1c(N)noc1-c1cccc(=O)[nH]1. The number of nitrogens with zero attached hydrogens (tertiary/aromatic N) is 1. The summed E-state index contributed by atoms with van der Waals surface area (Å²) in [6, 6.07) is 4.80. The Morgan fingerprint density at radius 2 is 2.29 bits per heavy atom. The highest BCUT2D eigenvalue weighted by Gasteiger charge is 2.11. The molecule has 14 heavy (non-hydrogen) atoms. The molecule has 5 nitrogen and oxygen atoms in total. The summed E-state index contributed by atoms with van der Waals surface area (Å²) < 4.78 is 4.99. The number of nitrogens with two attached hydrogens (primary N) is 1. The van der Waals surface area contributed by atoms with Gasteiger partial charge in [-0.3, -0.25) is 4.79 Å². The molecular formula is C9H9N3O2. The van der Waals surface area contributed by atoms with Gasteiger partial charge in [0.15, 0.2) is 11.6 Å². The molecule has 2 rings (SSSR count). The van der Waals surface area contributed by atoms with Gasteiger partial charge < -0.3 is 15.2 Å². The van der Waals surface area contributed by atoms with Gasteiger partial charge in [-0.1, -0.05) is 11.2 Å². The van der Waals surface area contributed by atoms with Crippen molar-refractivity contribution >= 4 is 5.82 Å². The van der Waals surface area contributed by atoms with Crippen LogP contribution < -0.4 is 11.3 Å². The fourth-order valence-corrected chi connectivity index (χ4v) is 1.18. The number of aromatic nitrogens is 2. The van der Waals surface area contributed by atoms with Crippen LogP contribution in [0.1, 0.15) is 5.56 Å². The Labute approximate surface area is 79.5 Å². The van der Waals surface area contributed by atoms with Crippen molar-refractivity contribution in [2.45, 2.75) is 6.92 Å². The average molecular weight is 191 g/mol. The molecule has 0 fully saturated rings. The zero-order chi connectivity index (χ0) is 10.1. The second-order valence-electron chi connectivity index (χ2n) is 2.95. The number of pyridine rings is 1. The molecule has 0 aliphatic carbocycles. The van der Waals surface area contributed by atoms with Gasteiger partial charge in [-0.2, -0.15) is 0 Å². The molecule has 0 amide bonds. The molecule has 2 heterocycles. The van der Waals surface area contributed by atoms with Crippen LogP contribution in [0.4, 0.5) is 5.82 Å². The number of hydrogen-bond acceptors (Lipinski definition) is 4. The molecule has 0 unspecified atom stereocenters. The van der Waals surface area contributed by atoms with Crippen LogP contribution in [-0.4, -0.2) is 10.1 Å². The molecule has 0 aliphatic heterocycles. The van der Waals surface area contributed by atoms with Crippen molar-refractivity contribution in [1.82, 2.24) is 10.1 Å². The number of hydrogen-bond donors (Lipinski definition) is 2. The summed E-state index contributed by atoms with van der Waals surface area (Å²) in [6.45, 7) is 1.78. The van der Waals surface area contributed by atoms with Gasteiger partial charge in [-0.05, 0) is 13.0 Å². The lowest BCUT2D eigenvalue weighted by Crippen LogP contribution is -2.03. The van der Waals surface area contributed by atoms with Gasteiger partial charge in [-0.25, -0.2) is 0 Å². The predicted octanol–water partition coefficient (Wildman–Crippen LogP) is 0.921. The van der Waals surface area contributed by atoms with Gasteiger partial charge in [0.25, 0.3) is 0 Å². The lowest BCUT2D eigenvalue weighted by atomic mass is 10.2. The molecular weight excluding hydrogens is 182 g/mol. The minimum Gasteiger partial charge on any atom is -0.381 e. The second kappa shape index (κ2) is 3.02. The van der Waals surface area contributed by atoms with Crippen LogP contribution in [0.2, 0.25) is 0 Å². The van der Waals surface area contributed by atoms with Crippen LogP contribution >= 0.6 is 0 Å². The minimum absolute atomic E-state index is 0.183. The quantitative estimate of drug-likeness (QED) is 0.701. The number of aromatic amines is 1. The van der Waals surface area contributed by atoms with E-state index in [1.807, 2.05) is 0 Å². The predicted molar refractivity (Wildman–Crippen MR) is 51.7 cm³/mol. The largest absolute Gasteiger partial charge is 0.381 e. The van der Waals surface area contributed by atoms with E-state index in [0.29, 0.717) is 17.3 Å². The van der Waals surface area contributed by atoms with E-state index in [1.54, 1.807) is 19.1 Å². The van der Waals surface area contributed by atoms with E-state index in [1.165, 1.54) is 6.07 Å². The highest BCUT2D eigenvalue weighted by Crippen LogP contribution is 2.23. The van der Waals surface area contributed by atoms with Gasteiger partial charge in [0.05, 0.1) is 5.69 Å². The molecule has 0 spiro atoms. The smallest absolute Gasteiger partial charge is 0.248 e. The Morgan fingerprint density at radius 3 is 2.86 bits per heavy atom. The molecule has 0 radical (unpaired) electrons. The number of anilines is 1. The molecule has 0 aliphatic rings. The third-order valence-corrected chi connectivity index (χ3v) is 1.97. The van der Waals surface area contributed by atoms with E-state index in [9.17, 15) is 4.79 Å². The zero-order valence-corrected chi connectivity index (χ0v) is 7.57. The van der Waals surface area contributed by atoms with Crippen LogP contribution in [0, 0.1) is 6.92 Å². The summed E-state index contributed by atoms with van der Waals surface area (Å²) in [5, 5.41) is 3.60. The number of nitrogens with one attached hydrogen (secondary N) is 1. The first-order valence-corrected chi connectivity index (χ1v) is 4.10. The summed E-state index contributed by atoms with van der Waals surface area (Å²) in [7, 11) is 0. The standard InChI is InChI=1S/C9H9N3O2/c1-5-8(14-12-9(5)10)6-3-2-4-7(13)11-6/h2-4H,1H3,(H2,10,12)(H,11,13). The molecule has 2 aromatic heterocycles. The summed E-state index contributed by atoms with van der Waals surface area (Å²) in [4.78, 5) is 13.7. The Morgan fingerprint density at radius 1 is 1.50 bits per heavy atom. The molecule has 3 N–H and O–H groups in total. The third kappa shape index (κ3) is 1.28. The van der Waals surface area contributed by atoms with Crippen molar-refractivity contribution in [3.05, 3.63) is 34.1 Å². The van der Waals surface area contributed by atoms with Gasteiger partial charge >= 0.3 is 0 Å². The highest BCUT2D eigenvalue weighted by molar-refractivity contribution is 5.61. The fraction of sp³-hybridized carbons (Fsp3) is 0.111. The summed E-state index contributed by atoms with van der Waals surface area (Å²) in [5.74, 6) is 0.838. The van der Waals surface area contributed by atoms with E-state index in [4.69, 9.17) is 10.3 Å². The Bertz CT molecular complexity index is 513. The summed E-state index contributed by atoms with van der Waals surface area (Å²) in [5.41, 5.74) is 6.65. The van der Waals surface area contributed by atoms with E-state index in [-0.39, 0.29) is 5.56 Å². The van der Waals surface area contributed by atoms with Gasteiger partial charge in [0.2, 0.25) is 5.56 Å². The lowest BCUT2D eigenvalue weighted by molar-refractivity contribution is 0.434. The van der Waals surface area contributed by atoms with Crippen molar-refractivity contribution in [2.24, 2.45) is 0 Å². The van der Waals surface area contributed by atoms with Gasteiger partial charge in [0, 0.05) is 11.6 Å². The zero-order valence-electron chi connectivity index (χ0n) is 7.57. The first-order chi connectivity index (χ1) is 6.68. The van der Waals surface area contributed by atoms with Gasteiger partial charge in [-0.15, -0.1) is 0 Å². The monoisotopic (exact) mass is 191 g/mol. The fourth-order valence-electron chi connectivity index (χ4n) is 1.18. The van der Waals surface area contributed by atoms with Crippen LogP contribution in [0.15, 0.2) is 27.5 Å². The molecule has 5 heteroatoms. The average Bonchev–Trinajstić information content (AvgIpc) is 2.48. The van der Waals surface area contributed by atoms with E-state index >= 15 is 0 Å². The molecule has 0 bridgehead atoms. The normalized spacial score (nSPS) is 10.4. The molecule has 0 saturated carbocycles. The lowest BCUT2D eigenvalue weighted by Gasteiger charge is -1.95. The van der Waals surface area contributed by atoms with E-state index in [0.717, 1.165) is 5.56 Å². The van der Waals surface area contributed by atoms with Crippen LogP contribution in [0.25, 0.3) is 11.5 Å². The van der Waals surface area contributed by atoms with Crippen molar-refractivity contribution < 1.29 is 4.52 Å². The van der Waals surface area contributed by atoms with Crippen molar-refractivity contribution in [1.29, 1.82) is 0 Å². The Balaban J connectivity index is 2.60. The highest BCUT2D eigenvalue weighted by atomic mass is 16.5. The van der Waals surface area contributed by atoms with Crippen molar-refractivity contribution in [3.8, 4) is 11.5 Å². The van der Waals surface area contributed by atoms with Crippen LogP contribution in [0.5, 0.6) is 0 Å². The molecule has 2 aromatic rings. The summed E-state index contributed by atoms with van der Waals surface area (Å²) in [6.07, 6.45) is 0. The van der Waals surface area contributed by atoms with E-state index < -0.39 is 0 Å².